The molecule has 122 valence electrons. The quantitative estimate of drug-likeness (QED) is 0.829. The predicted molar refractivity (Wildman–Crippen MR) is 88.1 cm³/mol. The van der Waals surface area contributed by atoms with Crippen molar-refractivity contribution in [2.45, 2.75) is 17.9 Å². The Morgan fingerprint density at radius 2 is 1.78 bits per heavy atom. The van der Waals surface area contributed by atoms with E-state index >= 15 is 0 Å². The molecule has 1 atom stereocenters. The van der Waals surface area contributed by atoms with Gasteiger partial charge in [-0.25, -0.2) is 18.4 Å². The number of carbonyl (C=O) groups is 1. The summed E-state index contributed by atoms with van der Waals surface area (Å²) in [5, 5.41) is 5.46. The summed E-state index contributed by atoms with van der Waals surface area (Å²) in [6.45, 7) is 1.66. The number of carbonyl (C=O) groups excluding carboxylic acids is 1. The average molecular weight is 374 g/mol. The topological polar surface area (TPSA) is 86.5 Å². The lowest BCUT2D eigenvalue weighted by Gasteiger charge is -2.15. The molecule has 2 N–H and O–H groups in total. The summed E-state index contributed by atoms with van der Waals surface area (Å²) >= 11 is 11.8. The molecule has 0 heterocycles. The molecular formula is C15H13Cl2NO4S. The first-order chi connectivity index (χ1) is 10.7. The molecule has 0 saturated heterocycles. The van der Waals surface area contributed by atoms with Crippen LogP contribution in [0.1, 0.15) is 28.9 Å². The minimum Gasteiger partial charge on any atom is -0.454 e. The molecule has 0 saturated carbocycles. The monoisotopic (exact) mass is 373 g/mol. The third kappa shape index (κ3) is 4.23. The van der Waals surface area contributed by atoms with Crippen molar-refractivity contribution in [2.24, 2.45) is 5.14 Å². The molecule has 2 aromatic rings. The fourth-order valence-corrected chi connectivity index (χ4v) is 3.31. The largest absolute Gasteiger partial charge is 0.454 e. The molecule has 2 rings (SSSR count). The number of hydrogen-bond acceptors (Lipinski definition) is 4. The second-order valence-corrected chi connectivity index (χ2v) is 7.10. The van der Waals surface area contributed by atoms with Gasteiger partial charge in [0.1, 0.15) is 11.0 Å². The van der Waals surface area contributed by atoms with Gasteiger partial charge in [0, 0.05) is 10.6 Å². The van der Waals surface area contributed by atoms with E-state index in [9.17, 15) is 13.2 Å². The molecule has 0 spiro atoms. The molecule has 0 aromatic heterocycles. The van der Waals surface area contributed by atoms with Crippen LogP contribution >= 0.6 is 23.2 Å². The molecule has 0 aliphatic carbocycles. The molecule has 2 aromatic carbocycles. The summed E-state index contributed by atoms with van der Waals surface area (Å²) in [4.78, 5) is 11.9. The Morgan fingerprint density at radius 1 is 1.13 bits per heavy atom. The van der Waals surface area contributed by atoms with Gasteiger partial charge in [-0.2, -0.15) is 0 Å². The minimum atomic E-state index is -4.04. The SMILES string of the molecule is C[C@@H](OC(=O)c1ccc(Cl)c(S(N)(=O)=O)c1)c1ccccc1Cl. The third-order valence-corrected chi connectivity index (χ3v) is 4.84. The molecule has 0 aliphatic rings. The zero-order valence-corrected chi connectivity index (χ0v) is 14.3. The Bertz CT molecular complexity index is 852. The molecular weight excluding hydrogens is 361 g/mol. The summed E-state index contributed by atoms with van der Waals surface area (Å²) in [5.74, 6) is -0.709. The molecule has 0 amide bonds. The number of halogens is 2. The maximum Gasteiger partial charge on any atom is 0.338 e. The average Bonchev–Trinajstić information content (AvgIpc) is 2.46. The number of esters is 1. The van der Waals surface area contributed by atoms with E-state index in [1.807, 2.05) is 0 Å². The van der Waals surface area contributed by atoms with E-state index in [0.717, 1.165) is 6.07 Å². The Labute approximate surface area is 144 Å². The van der Waals surface area contributed by atoms with Gasteiger partial charge in [0.2, 0.25) is 10.0 Å². The van der Waals surface area contributed by atoms with Gasteiger partial charge in [-0.3, -0.25) is 0 Å². The van der Waals surface area contributed by atoms with Gasteiger partial charge in [0.05, 0.1) is 10.6 Å². The van der Waals surface area contributed by atoms with Crippen molar-refractivity contribution in [1.82, 2.24) is 0 Å². The fraction of sp³-hybridized carbons (Fsp3) is 0.133. The molecule has 0 bridgehead atoms. The van der Waals surface area contributed by atoms with E-state index in [1.54, 1.807) is 31.2 Å². The zero-order valence-electron chi connectivity index (χ0n) is 12.0. The van der Waals surface area contributed by atoms with Crippen molar-refractivity contribution in [3.63, 3.8) is 0 Å². The number of primary sulfonamides is 1. The number of rotatable bonds is 4. The standard InChI is InChI=1S/C15H13Cl2NO4S/c1-9(11-4-2-3-5-12(11)16)22-15(19)10-6-7-13(17)14(8-10)23(18,20)21/h2-9H,1H3,(H2,18,20,21)/t9-/m1/s1. The fourth-order valence-electron chi connectivity index (χ4n) is 1.95. The number of benzene rings is 2. The van der Waals surface area contributed by atoms with Gasteiger partial charge < -0.3 is 4.74 Å². The van der Waals surface area contributed by atoms with Crippen LogP contribution in [0.3, 0.4) is 0 Å². The predicted octanol–water partition coefficient (Wildman–Crippen LogP) is 3.56. The smallest absolute Gasteiger partial charge is 0.338 e. The molecule has 0 unspecified atom stereocenters. The third-order valence-electron chi connectivity index (χ3n) is 3.10. The lowest BCUT2D eigenvalue weighted by Crippen LogP contribution is -2.15. The van der Waals surface area contributed by atoms with E-state index in [1.165, 1.54) is 12.1 Å². The van der Waals surface area contributed by atoms with E-state index in [0.29, 0.717) is 10.6 Å². The zero-order chi connectivity index (χ0) is 17.2. The van der Waals surface area contributed by atoms with Crippen molar-refractivity contribution in [2.75, 3.05) is 0 Å². The van der Waals surface area contributed by atoms with Crippen molar-refractivity contribution >= 4 is 39.2 Å². The van der Waals surface area contributed by atoms with Gasteiger partial charge in [-0.15, -0.1) is 0 Å². The van der Waals surface area contributed by atoms with Gasteiger partial charge in [-0.05, 0) is 31.2 Å². The van der Waals surface area contributed by atoms with Crippen LogP contribution in [0.5, 0.6) is 0 Å². The first kappa shape index (κ1) is 17.7. The highest BCUT2D eigenvalue weighted by molar-refractivity contribution is 7.89. The van der Waals surface area contributed by atoms with Crippen molar-refractivity contribution in [3.8, 4) is 0 Å². The second-order valence-electron chi connectivity index (χ2n) is 4.76. The molecule has 0 fully saturated rings. The van der Waals surface area contributed by atoms with E-state index in [-0.39, 0.29) is 15.5 Å². The Balaban J connectivity index is 2.27. The van der Waals surface area contributed by atoms with Gasteiger partial charge in [0.15, 0.2) is 0 Å². The van der Waals surface area contributed by atoms with Crippen LogP contribution in [-0.2, 0) is 14.8 Å². The van der Waals surface area contributed by atoms with Crippen molar-refractivity contribution in [3.05, 3.63) is 63.6 Å². The van der Waals surface area contributed by atoms with Gasteiger partial charge in [-0.1, -0.05) is 41.4 Å². The first-order valence-electron chi connectivity index (χ1n) is 6.48. The molecule has 8 heteroatoms. The van der Waals surface area contributed by atoms with Crippen LogP contribution < -0.4 is 5.14 Å². The Morgan fingerprint density at radius 3 is 2.39 bits per heavy atom. The van der Waals surface area contributed by atoms with E-state index < -0.39 is 22.1 Å². The van der Waals surface area contributed by atoms with E-state index in [2.05, 4.69) is 0 Å². The summed E-state index contributed by atoms with van der Waals surface area (Å²) in [5.41, 5.74) is 0.667. The van der Waals surface area contributed by atoms with Crippen LogP contribution in [0.4, 0.5) is 0 Å². The summed E-state index contributed by atoms with van der Waals surface area (Å²) in [7, 11) is -4.04. The number of sulfonamides is 1. The normalized spacial score (nSPS) is 12.7. The van der Waals surface area contributed by atoms with Crippen LogP contribution in [-0.4, -0.2) is 14.4 Å². The first-order valence-corrected chi connectivity index (χ1v) is 8.78. The number of nitrogens with two attached hydrogens (primary N) is 1. The summed E-state index contributed by atoms with van der Waals surface area (Å²) in [6, 6.07) is 10.7. The molecule has 0 aliphatic heterocycles. The van der Waals surface area contributed by atoms with Crippen LogP contribution in [0.15, 0.2) is 47.4 Å². The highest BCUT2D eigenvalue weighted by Gasteiger charge is 2.19. The van der Waals surface area contributed by atoms with E-state index in [4.69, 9.17) is 33.1 Å². The highest BCUT2D eigenvalue weighted by Crippen LogP contribution is 2.27. The molecule has 23 heavy (non-hydrogen) atoms. The molecule has 0 radical (unpaired) electrons. The van der Waals surface area contributed by atoms with Gasteiger partial charge >= 0.3 is 5.97 Å². The maximum atomic E-state index is 12.2. The minimum absolute atomic E-state index is 0.0253. The maximum absolute atomic E-state index is 12.2. The number of hydrogen-bond donors (Lipinski definition) is 1. The van der Waals surface area contributed by atoms with Crippen LogP contribution in [0, 0.1) is 0 Å². The highest BCUT2D eigenvalue weighted by atomic mass is 35.5. The Hall–Kier alpha value is -1.60. The Kier molecular flexibility index (Phi) is 5.31. The van der Waals surface area contributed by atoms with Gasteiger partial charge in [0.25, 0.3) is 0 Å². The molecule has 5 nitrogen and oxygen atoms in total. The second kappa shape index (κ2) is 6.88. The van der Waals surface area contributed by atoms with Crippen LogP contribution in [0.2, 0.25) is 10.0 Å². The van der Waals surface area contributed by atoms with Crippen molar-refractivity contribution < 1.29 is 17.9 Å². The van der Waals surface area contributed by atoms with Crippen molar-refractivity contribution in [1.29, 1.82) is 0 Å². The summed E-state index contributed by atoms with van der Waals surface area (Å²) < 4.78 is 28.2. The lowest BCUT2D eigenvalue weighted by atomic mass is 10.1. The van der Waals surface area contributed by atoms with Crippen LogP contribution in [0.25, 0.3) is 0 Å². The number of ether oxygens (including phenoxy) is 1. The summed E-state index contributed by atoms with van der Waals surface area (Å²) in [6.07, 6.45) is -0.607. The lowest BCUT2D eigenvalue weighted by molar-refractivity contribution is 0.0338.